The summed E-state index contributed by atoms with van der Waals surface area (Å²) < 4.78 is 1.74. The van der Waals surface area contributed by atoms with Gasteiger partial charge in [0, 0.05) is 25.4 Å². The SMILES string of the molecule is Cc1nn(C)cc1CNC(=O)C(N)Cc1ccccc1. The first kappa shape index (κ1) is 14.3. The van der Waals surface area contributed by atoms with Crippen molar-refractivity contribution in [3.63, 3.8) is 0 Å². The van der Waals surface area contributed by atoms with Crippen molar-refractivity contribution >= 4 is 5.91 Å². The van der Waals surface area contributed by atoms with Crippen LogP contribution in [0.3, 0.4) is 0 Å². The number of benzene rings is 1. The van der Waals surface area contributed by atoms with Crippen LogP contribution < -0.4 is 11.1 Å². The molecule has 106 valence electrons. The highest BCUT2D eigenvalue weighted by atomic mass is 16.2. The predicted molar refractivity (Wildman–Crippen MR) is 77.9 cm³/mol. The lowest BCUT2D eigenvalue weighted by Crippen LogP contribution is -2.41. The molecule has 0 saturated carbocycles. The van der Waals surface area contributed by atoms with Gasteiger partial charge < -0.3 is 11.1 Å². The third-order valence-corrected chi connectivity index (χ3v) is 3.20. The van der Waals surface area contributed by atoms with Gasteiger partial charge in [0.2, 0.25) is 5.91 Å². The molecule has 0 aliphatic heterocycles. The number of carbonyl (C=O) groups is 1. The maximum atomic E-state index is 12.0. The second-order valence-electron chi connectivity index (χ2n) is 4.93. The Bertz CT molecular complexity index is 577. The van der Waals surface area contributed by atoms with Crippen LogP contribution in [-0.4, -0.2) is 21.7 Å². The number of nitrogens with one attached hydrogen (secondary N) is 1. The highest BCUT2D eigenvalue weighted by molar-refractivity contribution is 5.81. The van der Waals surface area contributed by atoms with E-state index in [-0.39, 0.29) is 5.91 Å². The van der Waals surface area contributed by atoms with Gasteiger partial charge in [-0.25, -0.2) is 0 Å². The van der Waals surface area contributed by atoms with E-state index in [1.54, 1.807) is 4.68 Å². The number of amides is 1. The van der Waals surface area contributed by atoms with Gasteiger partial charge >= 0.3 is 0 Å². The summed E-state index contributed by atoms with van der Waals surface area (Å²) in [5, 5.41) is 7.09. The van der Waals surface area contributed by atoms with Crippen LogP contribution in [0, 0.1) is 6.92 Å². The van der Waals surface area contributed by atoms with E-state index in [2.05, 4.69) is 10.4 Å². The summed E-state index contributed by atoms with van der Waals surface area (Å²) >= 11 is 0. The van der Waals surface area contributed by atoms with E-state index >= 15 is 0 Å². The Hall–Kier alpha value is -2.14. The zero-order valence-electron chi connectivity index (χ0n) is 11.8. The smallest absolute Gasteiger partial charge is 0.237 e. The molecule has 0 radical (unpaired) electrons. The fourth-order valence-corrected chi connectivity index (χ4v) is 2.10. The molecule has 5 heteroatoms. The minimum absolute atomic E-state index is 0.142. The van der Waals surface area contributed by atoms with Crippen molar-refractivity contribution in [2.24, 2.45) is 12.8 Å². The molecule has 1 unspecified atom stereocenters. The van der Waals surface area contributed by atoms with Gasteiger partial charge in [0.25, 0.3) is 0 Å². The lowest BCUT2D eigenvalue weighted by Gasteiger charge is -2.12. The highest BCUT2D eigenvalue weighted by Gasteiger charge is 2.14. The molecule has 1 aromatic carbocycles. The topological polar surface area (TPSA) is 72.9 Å². The molecule has 0 aliphatic rings. The molecule has 0 bridgehead atoms. The molecule has 20 heavy (non-hydrogen) atoms. The number of nitrogens with two attached hydrogens (primary N) is 1. The van der Waals surface area contributed by atoms with Crippen LogP contribution in [0.2, 0.25) is 0 Å². The van der Waals surface area contributed by atoms with Gasteiger partial charge in [-0.15, -0.1) is 0 Å². The summed E-state index contributed by atoms with van der Waals surface area (Å²) in [4.78, 5) is 12.0. The summed E-state index contributed by atoms with van der Waals surface area (Å²) in [6.45, 7) is 2.38. The van der Waals surface area contributed by atoms with Gasteiger partial charge in [0.15, 0.2) is 0 Å². The second-order valence-corrected chi connectivity index (χ2v) is 4.93. The molecule has 1 aromatic heterocycles. The Kier molecular flexibility index (Phi) is 4.53. The van der Waals surface area contributed by atoms with E-state index in [1.165, 1.54) is 0 Å². The van der Waals surface area contributed by atoms with Crippen molar-refractivity contribution in [3.8, 4) is 0 Å². The summed E-state index contributed by atoms with van der Waals surface area (Å²) in [5.74, 6) is -0.142. The Labute approximate surface area is 118 Å². The molecule has 0 saturated heterocycles. The fraction of sp³-hybridized carbons (Fsp3) is 0.333. The van der Waals surface area contributed by atoms with Gasteiger partial charge in [0.05, 0.1) is 11.7 Å². The summed E-state index contributed by atoms with van der Waals surface area (Å²) in [7, 11) is 1.86. The van der Waals surface area contributed by atoms with Gasteiger partial charge in [0.1, 0.15) is 0 Å². The number of hydrogen-bond acceptors (Lipinski definition) is 3. The molecule has 1 atom stereocenters. The molecule has 1 amide bonds. The number of rotatable bonds is 5. The molecule has 0 aliphatic carbocycles. The van der Waals surface area contributed by atoms with E-state index in [0.29, 0.717) is 13.0 Å². The normalized spacial score (nSPS) is 12.2. The zero-order valence-corrected chi connectivity index (χ0v) is 11.8. The molecule has 2 rings (SSSR count). The summed E-state index contributed by atoms with van der Waals surface area (Å²) in [5.41, 5.74) is 8.91. The molecule has 0 spiro atoms. The van der Waals surface area contributed by atoms with Crippen LogP contribution in [0.15, 0.2) is 36.5 Å². The molecule has 5 nitrogen and oxygen atoms in total. The van der Waals surface area contributed by atoms with Gasteiger partial charge in [-0.1, -0.05) is 30.3 Å². The van der Waals surface area contributed by atoms with Crippen molar-refractivity contribution in [1.82, 2.24) is 15.1 Å². The van der Waals surface area contributed by atoms with E-state index < -0.39 is 6.04 Å². The number of nitrogens with zero attached hydrogens (tertiary/aromatic N) is 2. The van der Waals surface area contributed by atoms with Crippen LogP contribution >= 0.6 is 0 Å². The first-order chi connectivity index (χ1) is 9.56. The average Bonchev–Trinajstić information content (AvgIpc) is 2.75. The van der Waals surface area contributed by atoms with Crippen LogP contribution in [0.1, 0.15) is 16.8 Å². The second kappa shape index (κ2) is 6.34. The van der Waals surface area contributed by atoms with Crippen LogP contribution in [0.25, 0.3) is 0 Å². The number of aryl methyl sites for hydroxylation is 2. The van der Waals surface area contributed by atoms with E-state index in [4.69, 9.17) is 5.73 Å². The van der Waals surface area contributed by atoms with Crippen molar-refractivity contribution in [2.75, 3.05) is 0 Å². The fourth-order valence-electron chi connectivity index (χ4n) is 2.10. The van der Waals surface area contributed by atoms with Crippen LogP contribution in [0.4, 0.5) is 0 Å². The maximum absolute atomic E-state index is 12.0. The quantitative estimate of drug-likeness (QED) is 0.850. The molecule has 3 N–H and O–H groups in total. The number of aromatic nitrogens is 2. The van der Waals surface area contributed by atoms with E-state index in [0.717, 1.165) is 16.8 Å². The number of carbonyl (C=O) groups excluding carboxylic acids is 1. The molecule has 2 aromatic rings. The lowest BCUT2D eigenvalue weighted by atomic mass is 10.1. The van der Waals surface area contributed by atoms with Crippen LogP contribution in [0.5, 0.6) is 0 Å². The molecule has 1 heterocycles. The lowest BCUT2D eigenvalue weighted by molar-refractivity contribution is -0.122. The first-order valence-corrected chi connectivity index (χ1v) is 6.62. The minimum Gasteiger partial charge on any atom is -0.351 e. The Balaban J connectivity index is 1.87. The van der Waals surface area contributed by atoms with Crippen LogP contribution in [-0.2, 0) is 24.8 Å². The standard InChI is InChI=1S/C15H20N4O/c1-11-13(10-19(2)18-11)9-17-15(20)14(16)8-12-6-4-3-5-7-12/h3-7,10,14H,8-9,16H2,1-2H3,(H,17,20). The monoisotopic (exact) mass is 272 g/mol. The Morgan fingerprint density at radius 3 is 2.70 bits per heavy atom. The molecular formula is C15H20N4O. The molecule has 0 fully saturated rings. The van der Waals surface area contributed by atoms with Crippen molar-refractivity contribution in [1.29, 1.82) is 0 Å². The maximum Gasteiger partial charge on any atom is 0.237 e. The van der Waals surface area contributed by atoms with Crippen molar-refractivity contribution in [3.05, 3.63) is 53.3 Å². The largest absolute Gasteiger partial charge is 0.351 e. The van der Waals surface area contributed by atoms with Crippen molar-refractivity contribution < 1.29 is 4.79 Å². The van der Waals surface area contributed by atoms with Crippen molar-refractivity contribution in [2.45, 2.75) is 25.9 Å². The number of hydrogen-bond donors (Lipinski definition) is 2. The van der Waals surface area contributed by atoms with Gasteiger partial charge in [-0.3, -0.25) is 9.48 Å². The zero-order chi connectivity index (χ0) is 14.5. The van der Waals surface area contributed by atoms with E-state index in [9.17, 15) is 4.79 Å². The van der Waals surface area contributed by atoms with Gasteiger partial charge in [-0.05, 0) is 18.9 Å². The Morgan fingerprint density at radius 1 is 1.40 bits per heavy atom. The third-order valence-electron chi connectivity index (χ3n) is 3.20. The summed E-state index contributed by atoms with van der Waals surface area (Å²) in [6.07, 6.45) is 2.44. The van der Waals surface area contributed by atoms with Gasteiger partial charge in [-0.2, -0.15) is 5.10 Å². The average molecular weight is 272 g/mol. The van der Waals surface area contributed by atoms with E-state index in [1.807, 2.05) is 50.5 Å². The predicted octanol–water partition coefficient (Wildman–Crippen LogP) is 0.915. The molecular weight excluding hydrogens is 252 g/mol. The highest BCUT2D eigenvalue weighted by Crippen LogP contribution is 2.05. The third kappa shape index (κ3) is 3.68. The minimum atomic E-state index is -0.533. The summed E-state index contributed by atoms with van der Waals surface area (Å²) in [6, 6.07) is 9.24. The Morgan fingerprint density at radius 2 is 2.10 bits per heavy atom. The first-order valence-electron chi connectivity index (χ1n) is 6.62.